The first-order valence-electron chi connectivity index (χ1n) is 5.92. The van der Waals surface area contributed by atoms with Gasteiger partial charge in [0, 0.05) is 0 Å². The van der Waals surface area contributed by atoms with Crippen molar-refractivity contribution in [3.63, 3.8) is 0 Å². The summed E-state index contributed by atoms with van der Waals surface area (Å²) < 4.78 is 4.53. The van der Waals surface area contributed by atoms with E-state index in [-0.39, 0.29) is 0 Å². The predicted octanol–water partition coefficient (Wildman–Crippen LogP) is 0.965. The highest BCUT2D eigenvalue weighted by molar-refractivity contribution is 6.15. The first-order chi connectivity index (χ1) is 9.02. The molecule has 2 rings (SSSR count). The van der Waals surface area contributed by atoms with Crippen LogP contribution in [0.4, 0.5) is 0 Å². The second-order valence-corrected chi connectivity index (χ2v) is 7.23. The molecule has 19 heavy (non-hydrogen) atoms. The van der Waals surface area contributed by atoms with Gasteiger partial charge in [-0.15, -0.1) is 0 Å². The molecule has 104 valence electrons. The summed E-state index contributed by atoms with van der Waals surface area (Å²) in [5, 5.41) is 17.7. The maximum atomic E-state index is 9.10. The molecule has 2 aromatic carbocycles. The number of aryl methyl sites for hydroxylation is 1. The van der Waals surface area contributed by atoms with Crippen molar-refractivity contribution < 1.29 is 14.3 Å². The van der Waals surface area contributed by atoms with E-state index in [0.29, 0.717) is 11.5 Å². The van der Waals surface area contributed by atoms with E-state index in [1.807, 2.05) is 32.0 Å². The molecule has 3 nitrogen and oxygen atoms in total. The van der Waals surface area contributed by atoms with Crippen LogP contribution in [0.2, 0.25) is 0 Å². The van der Waals surface area contributed by atoms with Crippen LogP contribution in [0.15, 0.2) is 48.5 Å². The van der Waals surface area contributed by atoms with E-state index in [0.717, 1.165) is 32.1 Å². The first-order valence-corrected chi connectivity index (χ1v) is 7.55. The number of phenolic OH excluding ortho intramolecular Hbond substituents is 2. The number of hydrogen-bond acceptors (Lipinski definition) is 3. The Morgan fingerprint density at radius 2 is 1.37 bits per heavy atom. The molecule has 2 N–H and O–H groups in total. The number of hydrogen-bond donors (Lipinski definition) is 2. The lowest BCUT2D eigenvalue weighted by Crippen LogP contribution is -1.78. The van der Waals surface area contributed by atoms with Crippen LogP contribution in [-0.4, -0.2) is 31.2 Å². The fourth-order valence-corrected chi connectivity index (χ4v) is 1.16. The average molecular weight is 294 g/mol. The minimum Gasteiger partial charge on any atom is -0.508 e. The molecule has 0 aliphatic carbocycles. The lowest BCUT2D eigenvalue weighted by atomic mass is 10.1. The standard InChI is InChI=1S/C8H10O.C6H6O.H6OSi2/c1-6-4-3-5-8(9)7(6)2;7-6-4-2-1-3-5-6;2-1-3/h3-5,9H,1-2H3;1-5,7H;2-3H3. The molecule has 0 spiro atoms. The minimum atomic E-state index is 0.322. The maximum Gasteiger partial charge on any atom is 0.129 e. The molecular weight excluding hydrogens is 272 g/mol. The third-order valence-electron chi connectivity index (χ3n) is 2.33. The second kappa shape index (κ2) is 10.4. The van der Waals surface area contributed by atoms with Gasteiger partial charge in [-0.1, -0.05) is 30.3 Å². The van der Waals surface area contributed by atoms with Gasteiger partial charge in [-0.25, -0.2) is 0 Å². The molecule has 0 amide bonds. The normalized spacial score (nSPS) is 8.95. The van der Waals surface area contributed by atoms with Gasteiger partial charge >= 0.3 is 0 Å². The predicted molar refractivity (Wildman–Crippen MR) is 86.7 cm³/mol. The fourth-order valence-electron chi connectivity index (χ4n) is 1.16. The van der Waals surface area contributed by atoms with Crippen LogP contribution in [0.1, 0.15) is 11.1 Å². The third-order valence-corrected chi connectivity index (χ3v) is 2.33. The molecule has 0 aromatic heterocycles. The van der Waals surface area contributed by atoms with Crippen molar-refractivity contribution in [2.45, 2.75) is 13.8 Å². The Morgan fingerprint density at radius 3 is 1.68 bits per heavy atom. The summed E-state index contributed by atoms with van der Waals surface area (Å²) in [6.07, 6.45) is 0. The summed E-state index contributed by atoms with van der Waals surface area (Å²) in [6.45, 7) is 3.89. The van der Waals surface area contributed by atoms with Gasteiger partial charge in [-0.05, 0) is 43.2 Å². The molecule has 0 radical (unpaired) electrons. The smallest absolute Gasteiger partial charge is 0.129 e. The molecule has 0 unspecified atom stereocenters. The third kappa shape index (κ3) is 8.20. The van der Waals surface area contributed by atoms with E-state index in [1.54, 1.807) is 30.3 Å². The van der Waals surface area contributed by atoms with Crippen molar-refractivity contribution in [2.24, 2.45) is 0 Å². The van der Waals surface area contributed by atoms with Crippen LogP contribution in [-0.2, 0) is 4.12 Å². The van der Waals surface area contributed by atoms with Gasteiger partial charge in [0.2, 0.25) is 0 Å². The van der Waals surface area contributed by atoms with Gasteiger partial charge in [0.25, 0.3) is 0 Å². The number of para-hydroxylation sites is 1. The van der Waals surface area contributed by atoms with Crippen LogP contribution >= 0.6 is 0 Å². The molecule has 5 heteroatoms. The highest BCUT2D eigenvalue weighted by atomic mass is 28.3. The fraction of sp³-hybridized carbons (Fsp3) is 0.143. The summed E-state index contributed by atoms with van der Waals surface area (Å²) in [4.78, 5) is 0. The number of aromatic hydroxyl groups is 2. The summed E-state index contributed by atoms with van der Waals surface area (Å²) in [6, 6.07) is 14.2. The van der Waals surface area contributed by atoms with Crippen molar-refractivity contribution >= 4 is 21.0 Å². The summed E-state index contributed by atoms with van der Waals surface area (Å²) in [5.41, 5.74) is 2.10. The zero-order valence-corrected chi connectivity index (χ0v) is 15.9. The molecular formula is C14H22O3Si2. The highest BCUT2D eigenvalue weighted by Crippen LogP contribution is 2.17. The largest absolute Gasteiger partial charge is 0.508 e. The van der Waals surface area contributed by atoms with Gasteiger partial charge in [-0.3, -0.25) is 0 Å². The Hall–Kier alpha value is -1.57. The van der Waals surface area contributed by atoms with Gasteiger partial charge in [-0.2, -0.15) is 0 Å². The van der Waals surface area contributed by atoms with Gasteiger partial charge in [0.05, 0.1) is 0 Å². The van der Waals surface area contributed by atoms with Crippen LogP contribution in [0.5, 0.6) is 11.5 Å². The Morgan fingerprint density at radius 1 is 0.842 bits per heavy atom. The number of rotatable bonds is 0. The van der Waals surface area contributed by atoms with Gasteiger partial charge in [0.15, 0.2) is 0 Å². The Kier molecular flexibility index (Phi) is 9.51. The van der Waals surface area contributed by atoms with E-state index in [1.165, 1.54) is 0 Å². The lowest BCUT2D eigenvalue weighted by molar-refractivity contribution is 0.470. The maximum absolute atomic E-state index is 9.10. The zero-order chi connectivity index (χ0) is 14.7. The van der Waals surface area contributed by atoms with Crippen molar-refractivity contribution in [1.29, 1.82) is 0 Å². The highest BCUT2D eigenvalue weighted by Gasteiger charge is 1.94. The minimum absolute atomic E-state index is 0.322. The molecule has 0 aliphatic heterocycles. The average Bonchev–Trinajstić information content (AvgIpc) is 2.38. The van der Waals surface area contributed by atoms with Gasteiger partial charge in [0.1, 0.15) is 32.5 Å². The van der Waals surface area contributed by atoms with Crippen molar-refractivity contribution in [3.05, 3.63) is 59.7 Å². The lowest BCUT2D eigenvalue weighted by Gasteiger charge is -1.99. The molecule has 0 saturated heterocycles. The van der Waals surface area contributed by atoms with Crippen LogP contribution < -0.4 is 0 Å². The summed E-state index contributed by atoms with van der Waals surface area (Å²) in [5.74, 6) is 0.706. The molecule has 2 aromatic rings. The Labute approximate surface area is 121 Å². The number of benzene rings is 2. The first kappa shape index (κ1) is 17.4. The van der Waals surface area contributed by atoms with E-state index in [4.69, 9.17) is 10.2 Å². The van der Waals surface area contributed by atoms with Gasteiger partial charge < -0.3 is 14.3 Å². The Bertz CT molecular complexity index is 441. The summed E-state index contributed by atoms with van der Waals surface area (Å²) in [7, 11) is 1.86. The molecule has 0 saturated carbocycles. The van der Waals surface area contributed by atoms with E-state index < -0.39 is 0 Å². The van der Waals surface area contributed by atoms with Crippen molar-refractivity contribution in [2.75, 3.05) is 0 Å². The molecule has 0 heterocycles. The van der Waals surface area contributed by atoms with Crippen LogP contribution in [0.25, 0.3) is 0 Å². The monoisotopic (exact) mass is 294 g/mol. The Balaban J connectivity index is 0.000000289. The topological polar surface area (TPSA) is 49.7 Å². The molecule has 0 atom stereocenters. The molecule has 0 fully saturated rings. The second-order valence-electron chi connectivity index (χ2n) is 3.96. The van der Waals surface area contributed by atoms with E-state index >= 15 is 0 Å². The van der Waals surface area contributed by atoms with Crippen molar-refractivity contribution in [1.82, 2.24) is 0 Å². The van der Waals surface area contributed by atoms with Crippen LogP contribution in [0.3, 0.4) is 0 Å². The van der Waals surface area contributed by atoms with E-state index in [9.17, 15) is 0 Å². The molecule has 0 aliphatic rings. The number of phenols is 2. The SMILES string of the molecule is Cc1cccc(O)c1C.Oc1ccccc1.[SiH3]O[SiH3]. The van der Waals surface area contributed by atoms with Crippen molar-refractivity contribution in [3.8, 4) is 11.5 Å². The van der Waals surface area contributed by atoms with E-state index in [2.05, 4.69) is 4.12 Å². The zero-order valence-electron chi connectivity index (χ0n) is 11.9. The van der Waals surface area contributed by atoms with Crippen LogP contribution in [0, 0.1) is 13.8 Å². The quantitative estimate of drug-likeness (QED) is 0.712. The molecule has 0 bridgehead atoms. The summed E-state index contributed by atoms with van der Waals surface area (Å²) >= 11 is 0.